The van der Waals surface area contributed by atoms with Crippen LogP contribution in [0.3, 0.4) is 0 Å². The Hall–Kier alpha value is -0.740. The van der Waals surface area contributed by atoms with Crippen molar-refractivity contribution in [3.05, 3.63) is 23.8 Å². The monoisotopic (exact) mass is 316 g/mol. The smallest absolute Gasteiger partial charge is 0.123 e. The first-order chi connectivity index (χ1) is 8.46. The molecule has 0 bridgehead atoms. The first-order valence-corrected chi connectivity index (χ1v) is 7.08. The van der Waals surface area contributed by atoms with Gasteiger partial charge in [-0.2, -0.15) is 0 Å². The fourth-order valence-electron chi connectivity index (χ4n) is 1.43. The van der Waals surface area contributed by atoms with Gasteiger partial charge >= 0.3 is 0 Å². The Bertz CT molecular complexity index is 372. The van der Waals surface area contributed by atoms with Gasteiger partial charge in [0, 0.05) is 10.9 Å². The molecule has 0 aliphatic heterocycles. The molecule has 0 aromatic heterocycles. The van der Waals surface area contributed by atoms with Gasteiger partial charge in [0.25, 0.3) is 0 Å². The summed E-state index contributed by atoms with van der Waals surface area (Å²) in [4.78, 5) is 0. The molecule has 102 valence electrons. The van der Waals surface area contributed by atoms with E-state index in [4.69, 9.17) is 14.2 Å². The van der Waals surface area contributed by atoms with E-state index in [1.807, 2.05) is 39.0 Å². The summed E-state index contributed by atoms with van der Waals surface area (Å²) < 4.78 is 16.5. The Labute approximate surface area is 118 Å². The first-order valence-electron chi connectivity index (χ1n) is 5.96. The number of methoxy groups -OCH3 is 1. The first kappa shape index (κ1) is 15.3. The molecule has 1 aromatic carbocycles. The molecule has 0 aliphatic carbocycles. The summed E-state index contributed by atoms with van der Waals surface area (Å²) in [7, 11) is 1.66. The van der Waals surface area contributed by atoms with Crippen LogP contribution in [0.1, 0.15) is 26.3 Å². The maximum absolute atomic E-state index is 5.71. The highest BCUT2D eigenvalue weighted by Gasteiger charge is 2.10. The molecule has 0 saturated heterocycles. The zero-order valence-electron chi connectivity index (χ0n) is 11.5. The minimum absolute atomic E-state index is 0.123. The van der Waals surface area contributed by atoms with Gasteiger partial charge in [-0.1, -0.05) is 15.9 Å². The number of ether oxygens (including phenoxy) is 3. The van der Waals surface area contributed by atoms with Crippen molar-refractivity contribution in [1.82, 2.24) is 0 Å². The fourth-order valence-corrected chi connectivity index (χ4v) is 1.87. The molecule has 0 N–H and O–H groups in total. The van der Waals surface area contributed by atoms with E-state index in [-0.39, 0.29) is 5.60 Å². The van der Waals surface area contributed by atoms with Gasteiger partial charge in [-0.15, -0.1) is 0 Å². The van der Waals surface area contributed by atoms with Crippen molar-refractivity contribution in [3.8, 4) is 11.5 Å². The Balaban J connectivity index is 2.51. The molecule has 0 aliphatic rings. The van der Waals surface area contributed by atoms with Gasteiger partial charge in [-0.3, -0.25) is 0 Å². The third kappa shape index (κ3) is 5.27. The van der Waals surface area contributed by atoms with E-state index in [2.05, 4.69) is 15.9 Å². The molecule has 1 rings (SSSR count). The van der Waals surface area contributed by atoms with Crippen LogP contribution in [0.25, 0.3) is 0 Å². The summed E-state index contributed by atoms with van der Waals surface area (Å²) >= 11 is 3.45. The third-order valence-corrected chi connectivity index (χ3v) is 2.89. The Morgan fingerprint density at radius 3 is 2.44 bits per heavy atom. The van der Waals surface area contributed by atoms with Crippen LogP contribution in [0.2, 0.25) is 0 Å². The highest BCUT2D eigenvalue weighted by Crippen LogP contribution is 2.26. The molecule has 0 radical (unpaired) electrons. The number of alkyl halides is 1. The van der Waals surface area contributed by atoms with Crippen molar-refractivity contribution in [2.45, 2.75) is 31.7 Å². The predicted molar refractivity (Wildman–Crippen MR) is 76.8 cm³/mol. The number of hydrogen-bond donors (Lipinski definition) is 0. The minimum atomic E-state index is -0.123. The Kier molecular flexibility index (Phi) is 5.96. The maximum atomic E-state index is 5.71. The summed E-state index contributed by atoms with van der Waals surface area (Å²) in [6, 6.07) is 5.79. The van der Waals surface area contributed by atoms with Crippen LogP contribution in [0.15, 0.2) is 18.2 Å². The highest BCUT2D eigenvalue weighted by atomic mass is 79.9. The maximum Gasteiger partial charge on any atom is 0.123 e. The van der Waals surface area contributed by atoms with Gasteiger partial charge in [0.05, 0.1) is 19.3 Å². The van der Waals surface area contributed by atoms with Gasteiger partial charge in [0.15, 0.2) is 0 Å². The van der Waals surface area contributed by atoms with E-state index in [0.29, 0.717) is 13.2 Å². The molecule has 0 saturated carbocycles. The molecular formula is C14H21BrO3. The summed E-state index contributed by atoms with van der Waals surface area (Å²) in [6.45, 7) is 7.22. The van der Waals surface area contributed by atoms with Gasteiger partial charge in [0.1, 0.15) is 18.1 Å². The second kappa shape index (κ2) is 7.00. The van der Waals surface area contributed by atoms with Crippen molar-refractivity contribution in [2.75, 3.05) is 20.3 Å². The van der Waals surface area contributed by atoms with E-state index in [1.165, 1.54) is 0 Å². The Morgan fingerprint density at radius 2 is 1.89 bits per heavy atom. The quantitative estimate of drug-likeness (QED) is 0.590. The standard InChI is InChI=1S/C14H21BrO3/c1-14(2,3)18-8-7-17-13-6-5-12(16-4)9-11(13)10-15/h5-6,9H,7-8,10H2,1-4H3. The van der Waals surface area contributed by atoms with Crippen molar-refractivity contribution >= 4 is 15.9 Å². The molecule has 18 heavy (non-hydrogen) atoms. The van der Waals surface area contributed by atoms with Crippen molar-refractivity contribution in [3.63, 3.8) is 0 Å². The molecule has 3 nitrogen and oxygen atoms in total. The highest BCUT2D eigenvalue weighted by molar-refractivity contribution is 9.08. The third-order valence-electron chi connectivity index (χ3n) is 2.29. The number of halogens is 1. The summed E-state index contributed by atoms with van der Waals surface area (Å²) in [5.41, 5.74) is 0.951. The number of benzene rings is 1. The van der Waals surface area contributed by atoms with Gasteiger partial charge in [0.2, 0.25) is 0 Å². The van der Waals surface area contributed by atoms with Crippen LogP contribution in [0.5, 0.6) is 11.5 Å². The minimum Gasteiger partial charge on any atom is -0.497 e. The van der Waals surface area contributed by atoms with E-state index in [9.17, 15) is 0 Å². The lowest BCUT2D eigenvalue weighted by Gasteiger charge is -2.20. The fraction of sp³-hybridized carbons (Fsp3) is 0.571. The second-order valence-electron chi connectivity index (χ2n) is 4.92. The molecule has 1 aromatic rings. The number of hydrogen-bond acceptors (Lipinski definition) is 3. The molecule has 0 fully saturated rings. The zero-order chi connectivity index (χ0) is 13.6. The van der Waals surface area contributed by atoms with E-state index < -0.39 is 0 Å². The summed E-state index contributed by atoms with van der Waals surface area (Å²) in [5, 5.41) is 0.736. The van der Waals surface area contributed by atoms with Crippen LogP contribution in [0.4, 0.5) is 0 Å². The van der Waals surface area contributed by atoms with Crippen molar-refractivity contribution in [2.24, 2.45) is 0 Å². The summed E-state index contributed by atoms with van der Waals surface area (Å²) in [6.07, 6.45) is 0. The molecule has 0 spiro atoms. The van der Waals surface area contributed by atoms with Crippen LogP contribution in [0, 0.1) is 0 Å². The topological polar surface area (TPSA) is 27.7 Å². The lowest BCUT2D eigenvalue weighted by molar-refractivity contribution is -0.0163. The zero-order valence-corrected chi connectivity index (χ0v) is 13.0. The number of rotatable bonds is 6. The Morgan fingerprint density at radius 1 is 1.17 bits per heavy atom. The largest absolute Gasteiger partial charge is 0.497 e. The van der Waals surface area contributed by atoms with Crippen LogP contribution in [-0.4, -0.2) is 25.9 Å². The van der Waals surface area contributed by atoms with Crippen molar-refractivity contribution < 1.29 is 14.2 Å². The lowest BCUT2D eigenvalue weighted by Crippen LogP contribution is -2.22. The van der Waals surface area contributed by atoms with Gasteiger partial charge in [-0.25, -0.2) is 0 Å². The van der Waals surface area contributed by atoms with E-state index >= 15 is 0 Å². The summed E-state index contributed by atoms with van der Waals surface area (Å²) in [5.74, 6) is 1.70. The lowest BCUT2D eigenvalue weighted by atomic mass is 10.2. The average molecular weight is 317 g/mol. The average Bonchev–Trinajstić information content (AvgIpc) is 2.33. The van der Waals surface area contributed by atoms with E-state index in [1.54, 1.807) is 7.11 Å². The van der Waals surface area contributed by atoms with Crippen molar-refractivity contribution in [1.29, 1.82) is 0 Å². The molecule has 0 unspecified atom stereocenters. The normalized spacial score (nSPS) is 11.4. The van der Waals surface area contributed by atoms with Gasteiger partial charge < -0.3 is 14.2 Å². The molecule has 4 heteroatoms. The van der Waals surface area contributed by atoms with Gasteiger partial charge in [-0.05, 0) is 39.0 Å². The van der Waals surface area contributed by atoms with Crippen LogP contribution in [-0.2, 0) is 10.1 Å². The predicted octanol–water partition coefficient (Wildman–Crippen LogP) is 3.78. The van der Waals surface area contributed by atoms with Crippen LogP contribution >= 0.6 is 15.9 Å². The van der Waals surface area contributed by atoms with E-state index in [0.717, 1.165) is 22.4 Å². The molecule has 0 amide bonds. The molecular weight excluding hydrogens is 296 g/mol. The molecule has 0 heterocycles. The SMILES string of the molecule is COc1ccc(OCCOC(C)(C)C)c(CBr)c1. The van der Waals surface area contributed by atoms with Crippen LogP contribution < -0.4 is 9.47 Å². The molecule has 0 atom stereocenters. The second-order valence-corrected chi connectivity index (χ2v) is 5.48.